The summed E-state index contributed by atoms with van der Waals surface area (Å²) in [7, 11) is 0. The van der Waals surface area contributed by atoms with Crippen LogP contribution in [0.2, 0.25) is 0 Å². The van der Waals surface area contributed by atoms with Crippen LogP contribution >= 0.6 is 0 Å². The van der Waals surface area contributed by atoms with Crippen LogP contribution in [0.1, 0.15) is 44.1 Å². The Kier molecular flexibility index (Phi) is 3.48. The Balaban J connectivity index is 1.77. The highest BCUT2D eigenvalue weighted by Gasteiger charge is 2.34. The van der Waals surface area contributed by atoms with Crippen molar-refractivity contribution in [3.63, 3.8) is 0 Å². The SMILES string of the molecule is NCC1(c2ccc(OCC3CC3)c(F)c2)CCCC1. The molecule has 0 amide bonds. The van der Waals surface area contributed by atoms with Crippen LogP contribution in [0.5, 0.6) is 5.75 Å². The molecule has 0 radical (unpaired) electrons. The molecule has 3 heteroatoms. The molecule has 1 aromatic rings. The van der Waals surface area contributed by atoms with Gasteiger partial charge in [-0.1, -0.05) is 18.9 Å². The lowest BCUT2D eigenvalue weighted by Crippen LogP contribution is -2.32. The molecule has 0 aromatic heterocycles. The molecule has 3 rings (SSSR count). The minimum absolute atomic E-state index is 0.00410. The maximum absolute atomic E-state index is 14.1. The zero-order valence-corrected chi connectivity index (χ0v) is 11.3. The van der Waals surface area contributed by atoms with Crippen LogP contribution in [-0.2, 0) is 5.41 Å². The second-order valence-corrected chi connectivity index (χ2v) is 6.09. The van der Waals surface area contributed by atoms with E-state index < -0.39 is 0 Å². The summed E-state index contributed by atoms with van der Waals surface area (Å²) in [4.78, 5) is 0. The van der Waals surface area contributed by atoms with Crippen molar-refractivity contribution in [2.45, 2.75) is 43.9 Å². The number of halogens is 1. The summed E-state index contributed by atoms with van der Waals surface area (Å²) in [5.74, 6) is 0.794. The Hall–Kier alpha value is -1.09. The Labute approximate surface area is 114 Å². The maximum atomic E-state index is 14.1. The van der Waals surface area contributed by atoms with Crippen LogP contribution in [0.25, 0.3) is 0 Å². The van der Waals surface area contributed by atoms with Gasteiger partial charge in [-0.3, -0.25) is 0 Å². The first-order valence-corrected chi connectivity index (χ1v) is 7.36. The van der Waals surface area contributed by atoms with Crippen molar-refractivity contribution in [3.8, 4) is 5.75 Å². The van der Waals surface area contributed by atoms with E-state index in [4.69, 9.17) is 10.5 Å². The van der Waals surface area contributed by atoms with Crippen LogP contribution < -0.4 is 10.5 Å². The molecule has 0 saturated heterocycles. The highest BCUT2D eigenvalue weighted by molar-refractivity contribution is 5.35. The van der Waals surface area contributed by atoms with Gasteiger partial charge in [0.2, 0.25) is 0 Å². The summed E-state index contributed by atoms with van der Waals surface area (Å²) in [6.45, 7) is 1.26. The van der Waals surface area contributed by atoms with E-state index in [1.807, 2.05) is 6.07 Å². The first kappa shape index (κ1) is 12.9. The fourth-order valence-corrected chi connectivity index (χ4v) is 3.10. The fourth-order valence-electron chi connectivity index (χ4n) is 3.10. The normalized spacial score (nSPS) is 21.6. The van der Waals surface area contributed by atoms with Gasteiger partial charge in [0.1, 0.15) is 0 Å². The van der Waals surface area contributed by atoms with Crippen molar-refractivity contribution >= 4 is 0 Å². The van der Waals surface area contributed by atoms with Gasteiger partial charge >= 0.3 is 0 Å². The molecule has 19 heavy (non-hydrogen) atoms. The molecule has 2 aliphatic carbocycles. The summed E-state index contributed by atoms with van der Waals surface area (Å²) in [5, 5.41) is 0. The second kappa shape index (κ2) is 5.12. The van der Waals surface area contributed by atoms with Gasteiger partial charge in [-0.05, 0) is 49.3 Å². The molecule has 2 fully saturated rings. The average molecular weight is 263 g/mol. The predicted octanol–water partition coefficient (Wildman–Crippen LogP) is 3.39. The molecule has 104 valence electrons. The number of ether oxygens (including phenoxy) is 1. The molecular weight excluding hydrogens is 241 g/mol. The van der Waals surface area contributed by atoms with Crippen molar-refractivity contribution in [2.24, 2.45) is 11.7 Å². The second-order valence-electron chi connectivity index (χ2n) is 6.09. The average Bonchev–Trinajstić information content (AvgIpc) is 3.13. The zero-order valence-electron chi connectivity index (χ0n) is 11.3. The Morgan fingerprint density at radius 1 is 1.26 bits per heavy atom. The summed E-state index contributed by atoms with van der Waals surface area (Å²) < 4.78 is 19.7. The lowest BCUT2D eigenvalue weighted by Gasteiger charge is -2.28. The van der Waals surface area contributed by atoms with Crippen molar-refractivity contribution < 1.29 is 9.13 Å². The molecule has 0 heterocycles. The maximum Gasteiger partial charge on any atom is 0.165 e. The molecule has 2 nitrogen and oxygen atoms in total. The Bertz CT molecular complexity index is 450. The Morgan fingerprint density at radius 2 is 2.00 bits per heavy atom. The van der Waals surface area contributed by atoms with Gasteiger partial charge in [0, 0.05) is 12.0 Å². The number of nitrogens with two attached hydrogens (primary N) is 1. The lowest BCUT2D eigenvalue weighted by atomic mass is 9.79. The van der Waals surface area contributed by atoms with E-state index in [1.54, 1.807) is 12.1 Å². The molecule has 2 saturated carbocycles. The van der Waals surface area contributed by atoms with Crippen molar-refractivity contribution in [2.75, 3.05) is 13.2 Å². The molecule has 0 atom stereocenters. The third kappa shape index (κ3) is 2.62. The van der Waals surface area contributed by atoms with E-state index >= 15 is 0 Å². The Morgan fingerprint density at radius 3 is 2.58 bits per heavy atom. The van der Waals surface area contributed by atoms with Gasteiger partial charge in [-0.15, -0.1) is 0 Å². The van der Waals surface area contributed by atoms with Crippen LogP contribution in [0, 0.1) is 11.7 Å². The smallest absolute Gasteiger partial charge is 0.165 e. The van der Waals surface area contributed by atoms with Crippen LogP contribution in [-0.4, -0.2) is 13.2 Å². The lowest BCUT2D eigenvalue weighted by molar-refractivity contribution is 0.284. The van der Waals surface area contributed by atoms with Gasteiger partial charge in [0.15, 0.2) is 11.6 Å². The highest BCUT2D eigenvalue weighted by atomic mass is 19.1. The summed E-state index contributed by atoms with van der Waals surface area (Å²) in [6, 6.07) is 5.42. The quantitative estimate of drug-likeness (QED) is 0.883. The molecule has 0 unspecified atom stereocenters. The van der Waals surface area contributed by atoms with Crippen molar-refractivity contribution in [1.82, 2.24) is 0 Å². The third-order valence-electron chi connectivity index (χ3n) is 4.67. The van der Waals surface area contributed by atoms with Crippen LogP contribution in [0.3, 0.4) is 0 Å². The molecule has 2 aliphatic rings. The van der Waals surface area contributed by atoms with Gasteiger partial charge in [0.05, 0.1) is 6.61 Å². The largest absolute Gasteiger partial charge is 0.490 e. The summed E-state index contributed by atoms with van der Waals surface area (Å²) in [5.41, 5.74) is 6.98. The fraction of sp³-hybridized carbons (Fsp3) is 0.625. The van der Waals surface area contributed by atoms with Gasteiger partial charge in [-0.25, -0.2) is 4.39 Å². The number of hydrogen-bond donors (Lipinski definition) is 1. The third-order valence-corrected chi connectivity index (χ3v) is 4.67. The summed E-state index contributed by atoms with van der Waals surface area (Å²) >= 11 is 0. The predicted molar refractivity (Wildman–Crippen MR) is 73.8 cm³/mol. The van der Waals surface area contributed by atoms with Gasteiger partial charge in [0.25, 0.3) is 0 Å². The van der Waals surface area contributed by atoms with E-state index in [0.717, 1.165) is 18.4 Å². The van der Waals surface area contributed by atoms with Crippen molar-refractivity contribution in [1.29, 1.82) is 0 Å². The highest BCUT2D eigenvalue weighted by Crippen LogP contribution is 2.41. The van der Waals surface area contributed by atoms with Crippen LogP contribution in [0.4, 0.5) is 4.39 Å². The van der Waals surface area contributed by atoms with Crippen molar-refractivity contribution in [3.05, 3.63) is 29.6 Å². The molecule has 0 spiro atoms. The van der Waals surface area contributed by atoms with Gasteiger partial charge in [-0.2, -0.15) is 0 Å². The zero-order chi connectivity index (χ0) is 13.3. The molecule has 1 aromatic carbocycles. The standard InChI is InChI=1S/C16H22FNO/c17-14-9-13(16(11-18)7-1-2-8-16)5-6-15(14)19-10-12-3-4-12/h5-6,9,12H,1-4,7-8,10-11,18H2. The molecular formula is C16H22FNO. The minimum atomic E-state index is -0.238. The molecule has 2 N–H and O–H groups in total. The number of hydrogen-bond acceptors (Lipinski definition) is 2. The van der Waals surface area contributed by atoms with E-state index in [9.17, 15) is 4.39 Å². The molecule has 0 bridgehead atoms. The molecule has 0 aliphatic heterocycles. The first-order chi connectivity index (χ1) is 9.23. The number of benzene rings is 1. The van der Waals surface area contributed by atoms with E-state index in [0.29, 0.717) is 24.8 Å². The monoisotopic (exact) mass is 263 g/mol. The van der Waals surface area contributed by atoms with E-state index in [2.05, 4.69) is 0 Å². The first-order valence-electron chi connectivity index (χ1n) is 7.36. The topological polar surface area (TPSA) is 35.2 Å². The summed E-state index contributed by atoms with van der Waals surface area (Å²) in [6.07, 6.45) is 6.97. The van der Waals surface area contributed by atoms with Crippen LogP contribution in [0.15, 0.2) is 18.2 Å². The van der Waals surface area contributed by atoms with E-state index in [-0.39, 0.29) is 11.2 Å². The number of rotatable bonds is 5. The van der Waals surface area contributed by atoms with E-state index in [1.165, 1.54) is 25.7 Å². The van der Waals surface area contributed by atoms with Gasteiger partial charge < -0.3 is 10.5 Å². The minimum Gasteiger partial charge on any atom is -0.490 e.